The first-order valence-electron chi connectivity index (χ1n) is 6.62. The van der Waals surface area contributed by atoms with Gasteiger partial charge in [-0.05, 0) is 32.0 Å². The molecule has 5 nitrogen and oxygen atoms in total. The third-order valence-electron chi connectivity index (χ3n) is 3.18. The quantitative estimate of drug-likeness (QED) is 0.882. The average Bonchev–Trinajstić information content (AvgIpc) is 2.47. The minimum absolute atomic E-state index is 0.0170. The van der Waals surface area contributed by atoms with E-state index in [1.54, 1.807) is 19.2 Å². The van der Waals surface area contributed by atoms with Crippen LogP contribution in [0.25, 0.3) is 0 Å². The Labute approximate surface area is 123 Å². The van der Waals surface area contributed by atoms with Crippen molar-refractivity contribution in [1.29, 1.82) is 0 Å². The Balaban J connectivity index is 2.25. The van der Waals surface area contributed by atoms with Crippen LogP contribution in [0.5, 0.6) is 5.75 Å². The van der Waals surface area contributed by atoms with E-state index in [1.165, 1.54) is 6.07 Å². The Hall–Kier alpha value is -2.56. The first kappa shape index (κ1) is 14.8. The number of aromatic nitrogens is 1. The predicted molar refractivity (Wildman–Crippen MR) is 81.0 cm³/mol. The second kappa shape index (κ2) is 6.26. The topological polar surface area (TPSA) is 71.5 Å². The highest BCUT2D eigenvalue weighted by Crippen LogP contribution is 2.28. The highest BCUT2D eigenvalue weighted by molar-refractivity contribution is 5.85. The van der Waals surface area contributed by atoms with E-state index in [9.17, 15) is 4.79 Å². The molecule has 0 radical (unpaired) electrons. The first-order chi connectivity index (χ1) is 10.0. The van der Waals surface area contributed by atoms with Crippen molar-refractivity contribution in [3.63, 3.8) is 0 Å². The van der Waals surface area contributed by atoms with E-state index in [-0.39, 0.29) is 11.7 Å². The summed E-state index contributed by atoms with van der Waals surface area (Å²) in [6.07, 6.45) is 0. The van der Waals surface area contributed by atoms with Gasteiger partial charge in [0.2, 0.25) is 0 Å². The molecular formula is C16H18N2O3. The molecule has 21 heavy (non-hydrogen) atoms. The standard InChI is InChI=1S/C16H18N2O3/c1-10-7-8-14(21-3)12(9-10)11(2)17-15-6-4-5-13(18-15)16(19)20/h4-9,11H,1-3H3,(H,17,18)(H,19,20)/t11-/m0/s1. The fourth-order valence-electron chi connectivity index (χ4n) is 2.13. The van der Waals surface area contributed by atoms with E-state index in [0.717, 1.165) is 16.9 Å². The van der Waals surface area contributed by atoms with Gasteiger partial charge in [0, 0.05) is 5.56 Å². The summed E-state index contributed by atoms with van der Waals surface area (Å²) in [6.45, 7) is 3.99. The van der Waals surface area contributed by atoms with Gasteiger partial charge in [-0.2, -0.15) is 0 Å². The summed E-state index contributed by atoms with van der Waals surface area (Å²) in [7, 11) is 1.63. The van der Waals surface area contributed by atoms with E-state index >= 15 is 0 Å². The number of rotatable bonds is 5. The molecule has 0 spiro atoms. The molecule has 1 heterocycles. The van der Waals surface area contributed by atoms with Gasteiger partial charge in [0.1, 0.15) is 11.6 Å². The van der Waals surface area contributed by atoms with Gasteiger partial charge in [0.15, 0.2) is 5.69 Å². The number of carbonyl (C=O) groups is 1. The maximum atomic E-state index is 10.9. The molecule has 5 heteroatoms. The van der Waals surface area contributed by atoms with Crippen molar-refractivity contribution in [3.8, 4) is 5.75 Å². The number of ether oxygens (including phenoxy) is 1. The van der Waals surface area contributed by atoms with Gasteiger partial charge in [-0.25, -0.2) is 9.78 Å². The summed E-state index contributed by atoms with van der Waals surface area (Å²) in [5.41, 5.74) is 2.15. The Kier molecular flexibility index (Phi) is 4.42. The van der Waals surface area contributed by atoms with E-state index in [1.807, 2.05) is 32.0 Å². The number of carboxylic acid groups (broad SMARTS) is 1. The molecule has 0 aliphatic carbocycles. The summed E-state index contributed by atoms with van der Waals surface area (Å²) < 4.78 is 5.37. The van der Waals surface area contributed by atoms with Crippen molar-refractivity contribution in [2.24, 2.45) is 0 Å². The van der Waals surface area contributed by atoms with Crippen molar-refractivity contribution in [2.75, 3.05) is 12.4 Å². The molecule has 1 atom stereocenters. The van der Waals surface area contributed by atoms with Crippen LogP contribution in [0.4, 0.5) is 5.82 Å². The molecule has 0 fully saturated rings. The summed E-state index contributed by atoms with van der Waals surface area (Å²) in [5.74, 6) is 0.264. The lowest BCUT2D eigenvalue weighted by atomic mass is 10.0. The van der Waals surface area contributed by atoms with Crippen LogP contribution >= 0.6 is 0 Å². The fraction of sp³-hybridized carbons (Fsp3) is 0.250. The molecule has 0 aliphatic heterocycles. The number of hydrogen-bond acceptors (Lipinski definition) is 4. The molecule has 2 N–H and O–H groups in total. The zero-order valence-electron chi connectivity index (χ0n) is 12.3. The van der Waals surface area contributed by atoms with Crippen molar-refractivity contribution in [3.05, 3.63) is 53.2 Å². The average molecular weight is 286 g/mol. The molecule has 0 unspecified atom stereocenters. The fourth-order valence-corrected chi connectivity index (χ4v) is 2.13. The Morgan fingerprint density at radius 1 is 1.33 bits per heavy atom. The molecule has 0 amide bonds. The Bertz CT molecular complexity index is 656. The number of methoxy groups -OCH3 is 1. The van der Waals surface area contributed by atoms with E-state index in [2.05, 4.69) is 10.3 Å². The molecule has 1 aromatic heterocycles. The maximum absolute atomic E-state index is 10.9. The van der Waals surface area contributed by atoms with Crippen LogP contribution in [-0.4, -0.2) is 23.2 Å². The molecule has 110 valence electrons. The number of aryl methyl sites for hydroxylation is 1. The van der Waals surface area contributed by atoms with Crippen molar-refractivity contribution in [1.82, 2.24) is 4.98 Å². The number of nitrogens with one attached hydrogen (secondary N) is 1. The van der Waals surface area contributed by atoms with Gasteiger partial charge < -0.3 is 15.2 Å². The van der Waals surface area contributed by atoms with Crippen LogP contribution in [0, 0.1) is 6.92 Å². The lowest BCUT2D eigenvalue weighted by Gasteiger charge is -2.18. The Morgan fingerprint density at radius 2 is 2.10 bits per heavy atom. The number of pyridine rings is 1. The lowest BCUT2D eigenvalue weighted by molar-refractivity contribution is 0.0690. The van der Waals surface area contributed by atoms with Crippen LogP contribution < -0.4 is 10.1 Å². The van der Waals surface area contributed by atoms with Gasteiger partial charge in [-0.3, -0.25) is 0 Å². The molecule has 2 rings (SSSR count). The van der Waals surface area contributed by atoms with Crippen LogP contribution in [-0.2, 0) is 0 Å². The van der Waals surface area contributed by atoms with E-state index in [4.69, 9.17) is 9.84 Å². The highest BCUT2D eigenvalue weighted by Gasteiger charge is 2.13. The number of aromatic carboxylic acids is 1. The van der Waals surface area contributed by atoms with Crippen LogP contribution in [0.1, 0.15) is 34.6 Å². The molecule has 0 bridgehead atoms. The summed E-state index contributed by atoms with van der Waals surface area (Å²) in [6, 6.07) is 10.8. The summed E-state index contributed by atoms with van der Waals surface area (Å²) in [5, 5.41) is 12.2. The zero-order chi connectivity index (χ0) is 15.4. The van der Waals surface area contributed by atoms with Gasteiger partial charge >= 0.3 is 5.97 Å². The normalized spacial score (nSPS) is 11.8. The van der Waals surface area contributed by atoms with Gasteiger partial charge in [0.05, 0.1) is 13.2 Å². The number of hydrogen-bond donors (Lipinski definition) is 2. The van der Waals surface area contributed by atoms with Crippen molar-refractivity contribution >= 4 is 11.8 Å². The number of anilines is 1. The SMILES string of the molecule is COc1ccc(C)cc1[C@H](C)Nc1cccc(C(=O)O)n1. The molecular weight excluding hydrogens is 268 g/mol. The van der Waals surface area contributed by atoms with Gasteiger partial charge in [-0.15, -0.1) is 0 Å². The second-order valence-electron chi connectivity index (χ2n) is 4.82. The monoisotopic (exact) mass is 286 g/mol. The molecule has 2 aromatic rings. The minimum atomic E-state index is -1.04. The highest BCUT2D eigenvalue weighted by atomic mass is 16.5. The second-order valence-corrected chi connectivity index (χ2v) is 4.82. The van der Waals surface area contributed by atoms with Crippen molar-refractivity contribution < 1.29 is 14.6 Å². The van der Waals surface area contributed by atoms with Crippen molar-refractivity contribution in [2.45, 2.75) is 19.9 Å². The molecule has 0 aliphatic rings. The molecule has 0 saturated carbocycles. The smallest absolute Gasteiger partial charge is 0.354 e. The third-order valence-corrected chi connectivity index (χ3v) is 3.18. The number of carboxylic acids is 1. The van der Waals surface area contributed by atoms with E-state index in [0.29, 0.717) is 5.82 Å². The molecule has 1 aromatic carbocycles. The van der Waals surface area contributed by atoms with Gasteiger partial charge in [0.25, 0.3) is 0 Å². The van der Waals surface area contributed by atoms with E-state index < -0.39 is 5.97 Å². The van der Waals surface area contributed by atoms with Crippen LogP contribution in [0.2, 0.25) is 0 Å². The minimum Gasteiger partial charge on any atom is -0.496 e. The number of benzene rings is 1. The summed E-state index contributed by atoms with van der Waals surface area (Å²) in [4.78, 5) is 15.0. The zero-order valence-corrected chi connectivity index (χ0v) is 12.3. The Morgan fingerprint density at radius 3 is 2.76 bits per heavy atom. The number of nitrogens with zero attached hydrogens (tertiary/aromatic N) is 1. The third kappa shape index (κ3) is 3.51. The maximum Gasteiger partial charge on any atom is 0.354 e. The van der Waals surface area contributed by atoms with Crippen LogP contribution in [0.15, 0.2) is 36.4 Å². The predicted octanol–water partition coefficient (Wildman–Crippen LogP) is 3.27. The van der Waals surface area contributed by atoms with Gasteiger partial charge in [-0.1, -0.05) is 23.8 Å². The summed E-state index contributed by atoms with van der Waals surface area (Å²) >= 11 is 0. The van der Waals surface area contributed by atoms with Crippen LogP contribution in [0.3, 0.4) is 0 Å². The lowest BCUT2D eigenvalue weighted by Crippen LogP contribution is -2.11. The first-order valence-corrected chi connectivity index (χ1v) is 6.62. The largest absolute Gasteiger partial charge is 0.496 e. The molecule has 0 saturated heterocycles.